The van der Waals surface area contributed by atoms with Gasteiger partial charge in [0.05, 0.1) is 4.88 Å². The Labute approximate surface area is 154 Å². The number of rotatable bonds is 4. The van der Waals surface area contributed by atoms with E-state index in [0.29, 0.717) is 28.9 Å². The van der Waals surface area contributed by atoms with Crippen LogP contribution >= 0.6 is 11.3 Å². The molecule has 1 aromatic heterocycles. The number of nitrogens with zero attached hydrogens (tertiary/aromatic N) is 1. The van der Waals surface area contributed by atoms with E-state index in [1.165, 1.54) is 17.4 Å². The first-order valence-corrected chi connectivity index (χ1v) is 9.28. The van der Waals surface area contributed by atoms with E-state index in [9.17, 15) is 14.0 Å². The van der Waals surface area contributed by atoms with Crippen LogP contribution in [0.25, 0.3) is 10.1 Å². The quantitative estimate of drug-likeness (QED) is 0.741. The molecule has 0 spiro atoms. The van der Waals surface area contributed by atoms with E-state index in [-0.39, 0.29) is 17.6 Å². The van der Waals surface area contributed by atoms with Crippen LogP contribution < -0.4 is 5.32 Å². The Bertz CT molecular complexity index is 998. The predicted molar refractivity (Wildman–Crippen MR) is 101 cm³/mol. The average molecular weight is 368 g/mol. The van der Waals surface area contributed by atoms with Gasteiger partial charge in [0.15, 0.2) is 0 Å². The summed E-state index contributed by atoms with van der Waals surface area (Å²) < 4.78 is 14.6. The molecule has 2 aromatic carbocycles. The number of benzene rings is 2. The lowest BCUT2D eigenvalue weighted by Crippen LogP contribution is -2.23. The number of hydrogen-bond donors (Lipinski definition) is 1. The molecular formula is C20H17FN2O2S. The minimum Gasteiger partial charge on any atom is -0.338 e. The number of amides is 2. The molecular weight excluding hydrogens is 351 g/mol. The molecule has 2 heterocycles. The number of anilines is 1. The molecule has 0 atom stereocenters. The molecule has 6 heteroatoms. The van der Waals surface area contributed by atoms with Crippen LogP contribution in [0.2, 0.25) is 0 Å². The number of hydrogen-bond acceptors (Lipinski definition) is 3. The van der Waals surface area contributed by atoms with Crippen LogP contribution in [0.15, 0.2) is 48.5 Å². The zero-order valence-corrected chi connectivity index (χ0v) is 14.8. The maximum atomic E-state index is 13.8. The van der Waals surface area contributed by atoms with Crippen LogP contribution in [-0.2, 0) is 11.3 Å². The van der Waals surface area contributed by atoms with Crippen LogP contribution in [-0.4, -0.2) is 23.3 Å². The van der Waals surface area contributed by atoms with Gasteiger partial charge in [-0.2, -0.15) is 0 Å². The van der Waals surface area contributed by atoms with Crippen molar-refractivity contribution in [3.8, 4) is 0 Å². The molecule has 1 N–H and O–H groups in total. The van der Waals surface area contributed by atoms with Gasteiger partial charge in [-0.3, -0.25) is 9.59 Å². The third kappa shape index (κ3) is 3.32. The van der Waals surface area contributed by atoms with Crippen molar-refractivity contribution in [2.24, 2.45) is 0 Å². The van der Waals surface area contributed by atoms with E-state index in [2.05, 4.69) is 5.32 Å². The minimum absolute atomic E-state index is 0.173. The van der Waals surface area contributed by atoms with Gasteiger partial charge in [0.1, 0.15) is 5.82 Å². The molecule has 2 amide bonds. The van der Waals surface area contributed by atoms with Crippen molar-refractivity contribution < 1.29 is 14.0 Å². The number of fused-ring (bicyclic) bond motifs is 1. The summed E-state index contributed by atoms with van der Waals surface area (Å²) in [6.07, 6.45) is 1.51. The van der Waals surface area contributed by atoms with Gasteiger partial charge in [-0.15, -0.1) is 11.3 Å². The molecule has 0 unspecified atom stereocenters. The largest absolute Gasteiger partial charge is 0.338 e. The lowest BCUT2D eigenvalue weighted by atomic mass is 10.2. The second kappa shape index (κ2) is 6.88. The average Bonchev–Trinajstić information content (AvgIpc) is 3.23. The van der Waals surface area contributed by atoms with Gasteiger partial charge in [-0.05, 0) is 42.3 Å². The zero-order valence-electron chi connectivity index (χ0n) is 14.0. The standard InChI is InChI=1S/C20H17FN2O2S/c21-16-6-2-7-17-15(16)11-18(26-17)20(25)22-14-5-1-4-13(10-14)12-23-9-3-8-19(23)24/h1-2,4-7,10-11H,3,8-9,12H2,(H,22,25). The molecule has 3 aromatic rings. The summed E-state index contributed by atoms with van der Waals surface area (Å²) in [4.78, 5) is 26.6. The zero-order chi connectivity index (χ0) is 18.1. The Hall–Kier alpha value is -2.73. The molecule has 132 valence electrons. The summed E-state index contributed by atoms with van der Waals surface area (Å²) in [5.74, 6) is -0.415. The van der Waals surface area contributed by atoms with Crippen molar-refractivity contribution in [2.75, 3.05) is 11.9 Å². The van der Waals surface area contributed by atoms with Crippen molar-refractivity contribution in [3.05, 3.63) is 64.8 Å². The third-order valence-corrected chi connectivity index (χ3v) is 5.56. The fourth-order valence-corrected chi connectivity index (χ4v) is 4.14. The first-order valence-electron chi connectivity index (χ1n) is 8.46. The first-order chi connectivity index (χ1) is 12.6. The molecule has 0 radical (unpaired) electrons. The second-order valence-electron chi connectivity index (χ2n) is 6.34. The fourth-order valence-electron chi connectivity index (χ4n) is 3.17. The number of thiophene rings is 1. The van der Waals surface area contributed by atoms with Crippen molar-refractivity contribution in [1.29, 1.82) is 0 Å². The SMILES string of the molecule is O=C(Nc1cccc(CN2CCCC2=O)c1)c1cc2c(F)cccc2s1. The van der Waals surface area contributed by atoms with Crippen molar-refractivity contribution in [3.63, 3.8) is 0 Å². The highest BCUT2D eigenvalue weighted by molar-refractivity contribution is 7.20. The highest BCUT2D eigenvalue weighted by atomic mass is 32.1. The molecule has 1 aliphatic heterocycles. The molecule has 4 rings (SSSR count). The molecule has 4 nitrogen and oxygen atoms in total. The van der Waals surface area contributed by atoms with Crippen LogP contribution in [0, 0.1) is 5.82 Å². The van der Waals surface area contributed by atoms with Gasteiger partial charge < -0.3 is 10.2 Å². The van der Waals surface area contributed by atoms with E-state index in [1.54, 1.807) is 24.3 Å². The van der Waals surface area contributed by atoms with Crippen LogP contribution in [0.4, 0.5) is 10.1 Å². The van der Waals surface area contributed by atoms with Crippen LogP contribution in [0.5, 0.6) is 0 Å². The molecule has 0 bridgehead atoms. The maximum absolute atomic E-state index is 13.8. The summed E-state index contributed by atoms with van der Waals surface area (Å²) in [6, 6.07) is 13.9. The lowest BCUT2D eigenvalue weighted by molar-refractivity contribution is -0.128. The van der Waals surface area contributed by atoms with Crippen molar-refractivity contribution >= 4 is 38.9 Å². The summed E-state index contributed by atoms with van der Waals surface area (Å²) in [6.45, 7) is 1.33. The van der Waals surface area contributed by atoms with Gasteiger partial charge in [0.2, 0.25) is 5.91 Å². The highest BCUT2D eigenvalue weighted by Gasteiger charge is 2.20. The van der Waals surface area contributed by atoms with Gasteiger partial charge in [-0.1, -0.05) is 18.2 Å². The molecule has 1 aliphatic rings. The Kier molecular flexibility index (Phi) is 4.42. The lowest BCUT2D eigenvalue weighted by Gasteiger charge is -2.16. The smallest absolute Gasteiger partial charge is 0.265 e. The van der Waals surface area contributed by atoms with Crippen molar-refractivity contribution in [2.45, 2.75) is 19.4 Å². The van der Waals surface area contributed by atoms with E-state index in [4.69, 9.17) is 0 Å². The van der Waals surface area contributed by atoms with E-state index in [0.717, 1.165) is 23.2 Å². The summed E-state index contributed by atoms with van der Waals surface area (Å²) >= 11 is 1.26. The van der Waals surface area contributed by atoms with Gasteiger partial charge in [-0.25, -0.2) is 4.39 Å². The highest BCUT2D eigenvalue weighted by Crippen LogP contribution is 2.28. The van der Waals surface area contributed by atoms with Crippen LogP contribution in [0.1, 0.15) is 28.1 Å². The summed E-state index contributed by atoms with van der Waals surface area (Å²) in [5.41, 5.74) is 1.64. The van der Waals surface area contributed by atoms with Crippen LogP contribution in [0.3, 0.4) is 0 Å². The first kappa shape index (κ1) is 16.7. The number of nitrogens with one attached hydrogen (secondary N) is 1. The summed E-state index contributed by atoms with van der Waals surface area (Å²) in [7, 11) is 0. The third-order valence-electron chi connectivity index (χ3n) is 4.46. The van der Waals surface area contributed by atoms with Gasteiger partial charge in [0.25, 0.3) is 5.91 Å². The number of likely N-dealkylation sites (tertiary alicyclic amines) is 1. The molecule has 1 fully saturated rings. The number of carbonyl (C=O) groups is 2. The molecule has 0 saturated carbocycles. The minimum atomic E-state index is -0.324. The van der Waals surface area contributed by atoms with Gasteiger partial charge in [0, 0.05) is 35.3 Å². The fraction of sp³-hybridized carbons (Fsp3) is 0.200. The van der Waals surface area contributed by atoms with Gasteiger partial charge >= 0.3 is 0 Å². The number of halogens is 1. The Morgan fingerprint density at radius 2 is 2.04 bits per heavy atom. The monoisotopic (exact) mass is 368 g/mol. The van der Waals surface area contributed by atoms with E-state index in [1.807, 2.05) is 23.1 Å². The molecule has 0 aliphatic carbocycles. The Morgan fingerprint density at radius 1 is 1.19 bits per heavy atom. The normalized spacial score (nSPS) is 14.2. The number of carbonyl (C=O) groups excluding carboxylic acids is 2. The predicted octanol–water partition coefficient (Wildman–Crippen LogP) is 4.42. The maximum Gasteiger partial charge on any atom is 0.265 e. The Morgan fingerprint density at radius 3 is 2.81 bits per heavy atom. The van der Waals surface area contributed by atoms with E-state index < -0.39 is 0 Å². The summed E-state index contributed by atoms with van der Waals surface area (Å²) in [5, 5.41) is 3.32. The molecule has 26 heavy (non-hydrogen) atoms. The van der Waals surface area contributed by atoms with E-state index >= 15 is 0 Å². The Balaban J connectivity index is 1.51. The topological polar surface area (TPSA) is 49.4 Å². The molecule has 1 saturated heterocycles. The van der Waals surface area contributed by atoms with Crippen molar-refractivity contribution in [1.82, 2.24) is 4.90 Å². The second-order valence-corrected chi connectivity index (χ2v) is 7.42.